The largest absolute Gasteiger partial charge is 0.374 e. The lowest BCUT2D eigenvalue weighted by Crippen LogP contribution is -2.21. The highest BCUT2D eigenvalue weighted by molar-refractivity contribution is 7.89. The van der Waals surface area contributed by atoms with Crippen LogP contribution in [0.4, 0.5) is 10.1 Å². The second kappa shape index (κ2) is 6.11. The van der Waals surface area contributed by atoms with E-state index in [1.165, 1.54) is 12.1 Å². The Kier molecular flexibility index (Phi) is 4.37. The smallest absolute Gasteiger partial charge is 0.238 e. The molecule has 0 saturated heterocycles. The zero-order chi connectivity index (χ0) is 18.4. The zero-order valence-electron chi connectivity index (χ0n) is 14.6. The number of nitrogens with zero attached hydrogens (tertiary/aromatic N) is 1. The van der Waals surface area contributed by atoms with Crippen LogP contribution in [0.15, 0.2) is 53.4 Å². The molecule has 0 aromatic heterocycles. The second-order valence-electron chi connectivity index (χ2n) is 7.38. The van der Waals surface area contributed by atoms with Crippen LogP contribution in [0, 0.1) is 17.2 Å². The van der Waals surface area contributed by atoms with Crippen molar-refractivity contribution in [3.05, 3.63) is 59.9 Å². The summed E-state index contributed by atoms with van der Waals surface area (Å²) in [6.45, 7) is 5.28. The molecule has 6 heteroatoms. The third-order valence-corrected chi connectivity index (χ3v) is 6.29. The first-order valence-electron chi connectivity index (χ1n) is 8.20. The van der Waals surface area contributed by atoms with E-state index in [1.54, 1.807) is 24.3 Å². The molecule has 2 aromatic rings. The van der Waals surface area contributed by atoms with Crippen LogP contribution in [0.3, 0.4) is 0 Å². The van der Waals surface area contributed by atoms with Crippen molar-refractivity contribution >= 4 is 15.7 Å². The van der Waals surface area contributed by atoms with Gasteiger partial charge in [-0.25, -0.2) is 17.9 Å². The molecule has 0 heterocycles. The number of hydrogen-bond donors (Lipinski definition) is 1. The van der Waals surface area contributed by atoms with Crippen LogP contribution in [-0.4, -0.2) is 22.0 Å². The fourth-order valence-corrected chi connectivity index (χ4v) is 4.22. The standard InChI is InChI=1S/C19H23FN2O2S/c1-19(2)17(12-22(3)15-8-6-14(20)7-9-15)18(19)13-4-10-16(11-5-13)25(21,23)24/h4-11,17-18H,12H2,1-3H3,(H2,21,23,24). The molecule has 4 nitrogen and oxygen atoms in total. The van der Waals surface area contributed by atoms with Crippen molar-refractivity contribution in [2.75, 3.05) is 18.5 Å². The Hall–Kier alpha value is -1.92. The molecule has 25 heavy (non-hydrogen) atoms. The Bertz CT molecular complexity index is 861. The van der Waals surface area contributed by atoms with E-state index >= 15 is 0 Å². The van der Waals surface area contributed by atoms with Crippen LogP contribution in [0.25, 0.3) is 0 Å². The summed E-state index contributed by atoms with van der Waals surface area (Å²) in [7, 11) is -1.66. The van der Waals surface area contributed by atoms with Crippen LogP contribution in [-0.2, 0) is 10.0 Å². The summed E-state index contributed by atoms with van der Waals surface area (Å²) < 4.78 is 35.9. The van der Waals surface area contributed by atoms with Gasteiger partial charge in [0, 0.05) is 19.3 Å². The van der Waals surface area contributed by atoms with Crippen LogP contribution in [0.2, 0.25) is 0 Å². The topological polar surface area (TPSA) is 63.4 Å². The van der Waals surface area contributed by atoms with Crippen molar-refractivity contribution < 1.29 is 12.8 Å². The normalized spacial score (nSPS) is 21.8. The molecular formula is C19H23FN2O2S. The van der Waals surface area contributed by atoms with Gasteiger partial charge in [0.05, 0.1) is 4.90 Å². The summed E-state index contributed by atoms with van der Waals surface area (Å²) >= 11 is 0. The van der Waals surface area contributed by atoms with Gasteiger partial charge in [-0.2, -0.15) is 0 Å². The number of anilines is 1. The molecule has 0 amide bonds. The fraction of sp³-hybridized carbons (Fsp3) is 0.368. The molecule has 0 radical (unpaired) electrons. The molecule has 0 bridgehead atoms. The minimum absolute atomic E-state index is 0.122. The van der Waals surface area contributed by atoms with E-state index in [1.807, 2.05) is 19.2 Å². The Morgan fingerprint density at radius 2 is 1.64 bits per heavy atom. The monoisotopic (exact) mass is 362 g/mol. The Labute approximate surface area is 148 Å². The molecule has 2 atom stereocenters. The van der Waals surface area contributed by atoms with Gasteiger partial charge in [-0.3, -0.25) is 0 Å². The molecule has 1 aliphatic rings. The van der Waals surface area contributed by atoms with Crippen molar-refractivity contribution in [2.24, 2.45) is 16.5 Å². The molecule has 2 aromatic carbocycles. The number of hydrogen-bond acceptors (Lipinski definition) is 3. The zero-order valence-corrected chi connectivity index (χ0v) is 15.4. The fourth-order valence-electron chi connectivity index (χ4n) is 3.71. The van der Waals surface area contributed by atoms with Gasteiger partial charge in [0.2, 0.25) is 10.0 Å². The quantitative estimate of drug-likeness (QED) is 0.887. The molecule has 134 valence electrons. The van der Waals surface area contributed by atoms with E-state index in [9.17, 15) is 12.8 Å². The first-order valence-corrected chi connectivity index (χ1v) is 9.75. The van der Waals surface area contributed by atoms with Crippen LogP contribution in [0.5, 0.6) is 0 Å². The van der Waals surface area contributed by atoms with Gasteiger partial charge in [0.15, 0.2) is 0 Å². The minimum atomic E-state index is -3.66. The third kappa shape index (κ3) is 3.55. The predicted molar refractivity (Wildman–Crippen MR) is 97.5 cm³/mol. The van der Waals surface area contributed by atoms with Crippen molar-refractivity contribution in [1.82, 2.24) is 0 Å². The maximum atomic E-state index is 13.1. The Balaban J connectivity index is 1.74. The molecule has 1 fully saturated rings. The van der Waals surface area contributed by atoms with Gasteiger partial charge in [-0.15, -0.1) is 0 Å². The van der Waals surface area contributed by atoms with E-state index in [4.69, 9.17) is 5.14 Å². The molecular weight excluding hydrogens is 339 g/mol. The van der Waals surface area contributed by atoms with E-state index in [0.29, 0.717) is 11.8 Å². The number of primary sulfonamides is 1. The summed E-state index contributed by atoms with van der Waals surface area (Å²) in [5.41, 5.74) is 2.22. The maximum absolute atomic E-state index is 13.1. The van der Waals surface area contributed by atoms with Crippen molar-refractivity contribution in [1.29, 1.82) is 0 Å². The average Bonchev–Trinajstić information content (AvgIpc) is 3.07. The van der Waals surface area contributed by atoms with Crippen LogP contribution in [0.1, 0.15) is 25.3 Å². The highest BCUT2D eigenvalue weighted by atomic mass is 32.2. The van der Waals surface area contributed by atoms with E-state index in [2.05, 4.69) is 18.7 Å². The molecule has 0 spiro atoms. The highest BCUT2D eigenvalue weighted by Gasteiger charge is 2.58. The molecule has 1 aliphatic carbocycles. The molecule has 3 rings (SSSR count). The molecule has 0 aliphatic heterocycles. The van der Waals surface area contributed by atoms with Crippen LogP contribution >= 0.6 is 0 Å². The number of halogens is 1. The lowest BCUT2D eigenvalue weighted by atomic mass is 10.0. The van der Waals surface area contributed by atoms with E-state index in [0.717, 1.165) is 17.8 Å². The predicted octanol–water partition coefficient (Wildman–Crippen LogP) is 3.35. The van der Waals surface area contributed by atoms with Crippen LogP contribution < -0.4 is 10.0 Å². The second-order valence-corrected chi connectivity index (χ2v) is 8.94. The van der Waals surface area contributed by atoms with Gasteiger partial charge in [-0.05, 0) is 59.2 Å². The third-order valence-electron chi connectivity index (χ3n) is 5.36. The summed E-state index contributed by atoms with van der Waals surface area (Å²) in [4.78, 5) is 2.26. The van der Waals surface area contributed by atoms with E-state index < -0.39 is 10.0 Å². The first-order chi connectivity index (χ1) is 11.6. The van der Waals surface area contributed by atoms with Gasteiger partial charge in [-0.1, -0.05) is 26.0 Å². The lowest BCUT2D eigenvalue weighted by molar-refractivity contribution is 0.552. The highest BCUT2D eigenvalue weighted by Crippen LogP contribution is 2.64. The summed E-state index contributed by atoms with van der Waals surface area (Å²) in [6.07, 6.45) is 0. The number of rotatable bonds is 5. The average molecular weight is 362 g/mol. The number of nitrogens with two attached hydrogens (primary N) is 1. The first kappa shape index (κ1) is 17.9. The van der Waals surface area contributed by atoms with Gasteiger partial charge in [0.1, 0.15) is 5.82 Å². The molecule has 2 unspecified atom stereocenters. The maximum Gasteiger partial charge on any atom is 0.238 e. The van der Waals surface area contributed by atoms with Gasteiger partial charge < -0.3 is 4.90 Å². The summed E-state index contributed by atoms with van der Waals surface area (Å²) in [5.74, 6) is 0.546. The Morgan fingerprint density at radius 3 is 2.16 bits per heavy atom. The van der Waals surface area contributed by atoms with Crippen molar-refractivity contribution in [3.8, 4) is 0 Å². The molecule has 1 saturated carbocycles. The number of benzene rings is 2. The molecule has 2 N–H and O–H groups in total. The Morgan fingerprint density at radius 1 is 1.08 bits per heavy atom. The lowest BCUT2D eigenvalue weighted by Gasteiger charge is -2.20. The van der Waals surface area contributed by atoms with E-state index in [-0.39, 0.29) is 16.1 Å². The van der Waals surface area contributed by atoms with Crippen molar-refractivity contribution in [3.63, 3.8) is 0 Å². The number of sulfonamides is 1. The summed E-state index contributed by atoms with van der Waals surface area (Å²) in [6, 6.07) is 13.3. The van der Waals surface area contributed by atoms with Crippen molar-refractivity contribution in [2.45, 2.75) is 24.7 Å². The SMILES string of the molecule is CN(CC1C(c2ccc(S(N)(=O)=O)cc2)C1(C)C)c1ccc(F)cc1. The minimum Gasteiger partial charge on any atom is -0.374 e. The summed E-state index contributed by atoms with van der Waals surface area (Å²) in [5, 5.41) is 5.16. The van der Waals surface area contributed by atoms with Gasteiger partial charge in [0.25, 0.3) is 0 Å². The van der Waals surface area contributed by atoms with Gasteiger partial charge >= 0.3 is 0 Å².